The molecule has 0 aliphatic carbocycles. The number of piperidine rings is 1. The van der Waals surface area contributed by atoms with Gasteiger partial charge >= 0.3 is 5.69 Å². The third kappa shape index (κ3) is 3.70. The zero-order valence-electron chi connectivity index (χ0n) is 14.6. The van der Waals surface area contributed by atoms with Gasteiger partial charge in [-0.1, -0.05) is 6.08 Å². The lowest BCUT2D eigenvalue weighted by Gasteiger charge is -2.32. The fraction of sp³-hybridized carbons (Fsp3) is 0.688. The summed E-state index contributed by atoms with van der Waals surface area (Å²) in [5.41, 5.74) is -0.106. The highest BCUT2D eigenvalue weighted by Crippen LogP contribution is 2.27. The molecule has 0 radical (unpaired) electrons. The van der Waals surface area contributed by atoms with Crippen LogP contribution in [0.2, 0.25) is 0 Å². The Morgan fingerprint density at radius 1 is 1.32 bits per heavy atom. The first-order chi connectivity index (χ1) is 11.8. The summed E-state index contributed by atoms with van der Waals surface area (Å²) in [5.74, 6) is 0.790. The number of carbonyl (C=O) groups excluding carboxylic acids is 1. The largest absolute Gasteiger partial charge is 0.345 e. The molecule has 138 valence electrons. The van der Waals surface area contributed by atoms with Gasteiger partial charge in [-0.2, -0.15) is 5.10 Å². The Bertz CT molecular complexity index is 844. The summed E-state index contributed by atoms with van der Waals surface area (Å²) in [6, 6.07) is 0. The lowest BCUT2D eigenvalue weighted by Crippen LogP contribution is -2.39. The van der Waals surface area contributed by atoms with Gasteiger partial charge in [-0.05, 0) is 19.8 Å². The van der Waals surface area contributed by atoms with Crippen molar-refractivity contribution >= 4 is 15.7 Å². The SMILES string of the molecule is CCn1c(C2CCN(C(=O)C[C@@H]3C=CS(=O)(=O)C3)CC2)nn(C)c1=O. The van der Waals surface area contributed by atoms with Gasteiger partial charge in [0.2, 0.25) is 5.91 Å². The third-order valence-electron chi connectivity index (χ3n) is 5.01. The summed E-state index contributed by atoms with van der Waals surface area (Å²) in [7, 11) is -1.47. The molecule has 3 rings (SSSR count). The smallest absolute Gasteiger partial charge is 0.343 e. The molecule has 0 bridgehead atoms. The molecular weight excluding hydrogens is 344 g/mol. The predicted octanol–water partition coefficient (Wildman–Crippen LogP) is 0.256. The molecule has 0 spiro atoms. The molecule has 2 aliphatic heterocycles. The van der Waals surface area contributed by atoms with Crippen molar-refractivity contribution in [3.8, 4) is 0 Å². The minimum absolute atomic E-state index is 0.000831. The maximum absolute atomic E-state index is 12.4. The molecule has 1 fully saturated rings. The van der Waals surface area contributed by atoms with E-state index in [1.807, 2.05) is 6.92 Å². The van der Waals surface area contributed by atoms with E-state index in [4.69, 9.17) is 0 Å². The zero-order chi connectivity index (χ0) is 18.2. The van der Waals surface area contributed by atoms with E-state index in [2.05, 4.69) is 5.10 Å². The first-order valence-corrected chi connectivity index (χ1v) is 10.3. The average molecular weight is 368 g/mol. The van der Waals surface area contributed by atoms with Gasteiger partial charge in [-0.15, -0.1) is 0 Å². The van der Waals surface area contributed by atoms with Crippen molar-refractivity contribution in [3.63, 3.8) is 0 Å². The van der Waals surface area contributed by atoms with E-state index >= 15 is 0 Å². The number of aryl methyl sites for hydroxylation is 1. The Morgan fingerprint density at radius 2 is 2.00 bits per heavy atom. The van der Waals surface area contributed by atoms with Crippen LogP contribution in [0.4, 0.5) is 0 Å². The van der Waals surface area contributed by atoms with Crippen LogP contribution in [0.15, 0.2) is 16.3 Å². The van der Waals surface area contributed by atoms with Crippen LogP contribution in [0.3, 0.4) is 0 Å². The van der Waals surface area contributed by atoms with Crippen LogP contribution < -0.4 is 5.69 Å². The van der Waals surface area contributed by atoms with Crippen molar-refractivity contribution in [1.29, 1.82) is 0 Å². The number of amides is 1. The summed E-state index contributed by atoms with van der Waals surface area (Å²) in [4.78, 5) is 26.2. The minimum Gasteiger partial charge on any atom is -0.343 e. The van der Waals surface area contributed by atoms with Gasteiger partial charge < -0.3 is 4.90 Å². The summed E-state index contributed by atoms with van der Waals surface area (Å²) < 4.78 is 25.9. The van der Waals surface area contributed by atoms with Gasteiger partial charge in [0, 0.05) is 50.3 Å². The molecule has 8 nitrogen and oxygen atoms in total. The zero-order valence-corrected chi connectivity index (χ0v) is 15.4. The predicted molar refractivity (Wildman–Crippen MR) is 92.7 cm³/mol. The maximum atomic E-state index is 12.4. The molecule has 1 atom stereocenters. The fourth-order valence-electron chi connectivity index (χ4n) is 3.63. The number of allylic oxidation sites excluding steroid dienone is 1. The van der Waals surface area contributed by atoms with Crippen LogP contribution in [0, 0.1) is 5.92 Å². The van der Waals surface area contributed by atoms with Gasteiger partial charge in [0.25, 0.3) is 0 Å². The number of carbonyl (C=O) groups is 1. The quantitative estimate of drug-likeness (QED) is 0.760. The topological polar surface area (TPSA) is 94.3 Å². The second-order valence-corrected chi connectivity index (χ2v) is 8.72. The summed E-state index contributed by atoms with van der Waals surface area (Å²) in [6.07, 6.45) is 3.39. The fourth-order valence-corrected chi connectivity index (χ4v) is 5.03. The van der Waals surface area contributed by atoms with E-state index in [1.54, 1.807) is 22.6 Å². The molecule has 0 saturated carbocycles. The third-order valence-corrected chi connectivity index (χ3v) is 6.47. The molecule has 9 heteroatoms. The Balaban J connectivity index is 1.59. The van der Waals surface area contributed by atoms with E-state index in [1.165, 1.54) is 10.1 Å². The Hall–Kier alpha value is -1.90. The maximum Gasteiger partial charge on any atom is 0.345 e. The second-order valence-electron chi connectivity index (χ2n) is 6.79. The molecule has 3 heterocycles. The molecule has 0 unspecified atom stereocenters. The van der Waals surface area contributed by atoms with Crippen LogP contribution in [-0.4, -0.2) is 52.4 Å². The number of likely N-dealkylation sites (tertiary alicyclic amines) is 1. The average Bonchev–Trinajstić information content (AvgIpc) is 3.06. The van der Waals surface area contributed by atoms with Crippen molar-refractivity contribution in [1.82, 2.24) is 19.2 Å². The second kappa shape index (κ2) is 6.78. The summed E-state index contributed by atoms with van der Waals surface area (Å²) in [5, 5.41) is 5.57. The molecular formula is C16H24N4O4S. The summed E-state index contributed by atoms with van der Waals surface area (Å²) in [6.45, 7) is 3.74. The molecule has 0 aromatic carbocycles. The van der Waals surface area contributed by atoms with E-state index in [-0.39, 0.29) is 35.6 Å². The highest BCUT2D eigenvalue weighted by atomic mass is 32.2. The number of hydrogen-bond acceptors (Lipinski definition) is 5. The van der Waals surface area contributed by atoms with Crippen LogP contribution in [-0.2, 0) is 28.2 Å². The van der Waals surface area contributed by atoms with Crippen LogP contribution in [0.1, 0.15) is 37.9 Å². The normalized spacial score (nSPS) is 23.3. The van der Waals surface area contributed by atoms with Gasteiger partial charge in [0.1, 0.15) is 5.82 Å². The van der Waals surface area contributed by atoms with Crippen molar-refractivity contribution in [3.05, 3.63) is 27.8 Å². The van der Waals surface area contributed by atoms with Gasteiger partial charge in [-0.3, -0.25) is 9.36 Å². The molecule has 1 aromatic heterocycles. The molecule has 1 amide bonds. The van der Waals surface area contributed by atoms with E-state index in [9.17, 15) is 18.0 Å². The van der Waals surface area contributed by atoms with Gasteiger partial charge in [-0.25, -0.2) is 17.9 Å². The van der Waals surface area contributed by atoms with Crippen LogP contribution in [0.25, 0.3) is 0 Å². The highest BCUT2D eigenvalue weighted by Gasteiger charge is 2.30. The first-order valence-electron chi connectivity index (χ1n) is 8.63. The number of nitrogens with zero attached hydrogens (tertiary/aromatic N) is 4. The number of sulfone groups is 1. The van der Waals surface area contributed by atoms with Crippen molar-refractivity contribution in [2.75, 3.05) is 18.8 Å². The molecule has 1 saturated heterocycles. The highest BCUT2D eigenvalue weighted by molar-refractivity contribution is 7.94. The first kappa shape index (κ1) is 17.9. The van der Waals surface area contributed by atoms with Crippen molar-refractivity contribution < 1.29 is 13.2 Å². The molecule has 1 aromatic rings. The van der Waals surface area contributed by atoms with Crippen molar-refractivity contribution in [2.45, 2.75) is 38.6 Å². The Kier molecular flexibility index (Phi) is 4.86. The molecule has 25 heavy (non-hydrogen) atoms. The number of hydrogen-bond donors (Lipinski definition) is 0. The van der Waals surface area contributed by atoms with Crippen LogP contribution >= 0.6 is 0 Å². The van der Waals surface area contributed by atoms with Crippen molar-refractivity contribution in [2.24, 2.45) is 13.0 Å². The van der Waals surface area contributed by atoms with Gasteiger partial charge in [0.15, 0.2) is 9.84 Å². The molecule has 2 aliphatic rings. The van der Waals surface area contributed by atoms with Gasteiger partial charge in [0.05, 0.1) is 5.75 Å². The van der Waals surface area contributed by atoms with E-state index in [0.717, 1.165) is 18.7 Å². The number of aromatic nitrogens is 3. The van der Waals surface area contributed by atoms with E-state index < -0.39 is 9.84 Å². The van der Waals surface area contributed by atoms with E-state index in [0.29, 0.717) is 19.6 Å². The lowest BCUT2D eigenvalue weighted by atomic mass is 9.95. The molecule has 0 N–H and O–H groups in total. The Morgan fingerprint density at radius 3 is 2.56 bits per heavy atom. The standard InChI is InChI=1S/C16H24N4O4S/c1-3-20-15(17-18(2)16(20)22)13-4-7-19(8-5-13)14(21)10-12-6-9-25(23,24)11-12/h6,9,12-13H,3-5,7-8,10-11H2,1-2H3/t12-/m0/s1. The number of rotatable bonds is 4. The summed E-state index contributed by atoms with van der Waals surface area (Å²) >= 11 is 0. The van der Waals surface area contributed by atoms with Crippen LogP contribution in [0.5, 0.6) is 0 Å². The minimum atomic E-state index is -3.12. The monoisotopic (exact) mass is 368 g/mol. The lowest BCUT2D eigenvalue weighted by molar-refractivity contribution is -0.132. The Labute approximate surface area is 147 Å².